The van der Waals surface area contributed by atoms with Crippen LogP contribution in [-0.2, 0) is 17.9 Å². The number of carbonyl (C=O) groups excluding carboxylic acids is 1. The average molecular weight is 350 g/mol. The summed E-state index contributed by atoms with van der Waals surface area (Å²) in [5.74, 6) is 0.272. The van der Waals surface area contributed by atoms with Gasteiger partial charge in [-0.1, -0.05) is 30.3 Å². The van der Waals surface area contributed by atoms with Crippen molar-refractivity contribution in [2.24, 2.45) is 11.7 Å². The Bertz CT molecular complexity index is 637. The van der Waals surface area contributed by atoms with Crippen LogP contribution >= 0.6 is 12.4 Å². The second kappa shape index (κ2) is 8.85. The van der Waals surface area contributed by atoms with Crippen molar-refractivity contribution >= 4 is 18.4 Å². The second-order valence-corrected chi connectivity index (χ2v) is 6.29. The lowest BCUT2D eigenvalue weighted by atomic mass is 9.86. The van der Waals surface area contributed by atoms with Crippen LogP contribution < -0.4 is 5.73 Å². The van der Waals surface area contributed by atoms with E-state index >= 15 is 0 Å². The maximum Gasteiger partial charge on any atom is 0.341 e. The molecule has 2 aromatic rings. The Kier molecular flexibility index (Phi) is 6.82. The first-order valence-electron chi connectivity index (χ1n) is 8.20. The topological polar surface area (TPSA) is 70.1 Å². The number of ether oxygens (including phenoxy) is 1. The van der Waals surface area contributed by atoms with Crippen molar-refractivity contribution in [2.45, 2.75) is 44.9 Å². The fourth-order valence-electron chi connectivity index (χ4n) is 3.01. The lowest BCUT2D eigenvalue weighted by molar-refractivity contribution is 0.0472. The number of hydrogen-bond donors (Lipinski definition) is 1. The fourth-order valence-corrected chi connectivity index (χ4v) is 3.01. The van der Waals surface area contributed by atoms with Gasteiger partial charge in [0, 0.05) is 18.8 Å². The van der Waals surface area contributed by atoms with Gasteiger partial charge >= 0.3 is 5.97 Å². The zero-order valence-electron chi connectivity index (χ0n) is 13.6. The smallest absolute Gasteiger partial charge is 0.341 e. The maximum absolute atomic E-state index is 12.1. The first kappa shape index (κ1) is 18.5. The number of carbonyl (C=O) groups is 1. The number of rotatable bonds is 5. The molecular weight excluding hydrogens is 326 g/mol. The zero-order chi connectivity index (χ0) is 16.1. The molecule has 6 heteroatoms. The lowest BCUT2D eigenvalue weighted by Gasteiger charge is -2.25. The molecule has 24 heavy (non-hydrogen) atoms. The summed E-state index contributed by atoms with van der Waals surface area (Å²) in [6, 6.07) is 10.0. The Hall–Kier alpha value is -1.85. The quantitative estimate of drug-likeness (QED) is 0.841. The van der Waals surface area contributed by atoms with E-state index in [1.165, 1.54) is 0 Å². The van der Waals surface area contributed by atoms with Crippen molar-refractivity contribution in [3.05, 3.63) is 53.9 Å². The van der Waals surface area contributed by atoms with Gasteiger partial charge in [-0.25, -0.2) is 4.79 Å². The molecule has 1 aromatic heterocycles. The number of halogens is 1. The first-order chi connectivity index (χ1) is 11.2. The molecule has 5 nitrogen and oxygen atoms in total. The largest absolute Gasteiger partial charge is 0.457 e. The number of hydrogen-bond acceptors (Lipinski definition) is 4. The summed E-state index contributed by atoms with van der Waals surface area (Å²) in [6.45, 7) is 1.13. The van der Waals surface area contributed by atoms with Gasteiger partial charge in [-0.3, -0.25) is 4.68 Å². The summed E-state index contributed by atoms with van der Waals surface area (Å²) in [5, 5.41) is 4.29. The predicted molar refractivity (Wildman–Crippen MR) is 95.0 cm³/mol. The molecule has 0 aliphatic heterocycles. The van der Waals surface area contributed by atoms with E-state index in [-0.39, 0.29) is 25.0 Å². The number of nitrogens with zero attached hydrogens (tertiary/aromatic N) is 2. The fraction of sp³-hybridized carbons (Fsp3) is 0.444. The van der Waals surface area contributed by atoms with E-state index in [4.69, 9.17) is 10.5 Å². The van der Waals surface area contributed by atoms with Crippen LogP contribution in [0.2, 0.25) is 0 Å². The molecule has 1 saturated carbocycles. The maximum atomic E-state index is 12.1. The summed E-state index contributed by atoms with van der Waals surface area (Å²) in [4.78, 5) is 12.1. The highest BCUT2D eigenvalue weighted by Crippen LogP contribution is 2.24. The molecule has 0 saturated heterocycles. The molecule has 0 unspecified atom stereocenters. The van der Waals surface area contributed by atoms with Crippen LogP contribution in [0.15, 0.2) is 42.7 Å². The number of benzene rings is 1. The van der Waals surface area contributed by atoms with Crippen LogP contribution in [0.3, 0.4) is 0 Å². The molecule has 0 bridgehead atoms. The van der Waals surface area contributed by atoms with Crippen molar-refractivity contribution in [1.82, 2.24) is 9.78 Å². The Morgan fingerprint density at radius 1 is 1.21 bits per heavy atom. The molecule has 1 aliphatic carbocycles. The van der Waals surface area contributed by atoms with Crippen LogP contribution in [-0.4, -0.2) is 21.8 Å². The van der Waals surface area contributed by atoms with E-state index in [0.29, 0.717) is 17.5 Å². The van der Waals surface area contributed by atoms with Crippen molar-refractivity contribution in [3.63, 3.8) is 0 Å². The minimum atomic E-state index is -0.328. The molecule has 2 N–H and O–H groups in total. The Morgan fingerprint density at radius 3 is 2.62 bits per heavy atom. The van der Waals surface area contributed by atoms with Crippen molar-refractivity contribution in [1.29, 1.82) is 0 Å². The molecule has 0 amide bonds. The van der Waals surface area contributed by atoms with Crippen LogP contribution in [0.5, 0.6) is 0 Å². The Labute approximate surface area is 148 Å². The van der Waals surface area contributed by atoms with Gasteiger partial charge in [0.05, 0.1) is 11.8 Å². The highest BCUT2D eigenvalue weighted by atomic mass is 35.5. The van der Waals surface area contributed by atoms with E-state index in [1.807, 2.05) is 35.0 Å². The second-order valence-electron chi connectivity index (χ2n) is 6.29. The van der Waals surface area contributed by atoms with Gasteiger partial charge in [-0.05, 0) is 37.2 Å². The van der Waals surface area contributed by atoms with Gasteiger partial charge in [0.2, 0.25) is 0 Å². The molecule has 130 valence electrons. The van der Waals surface area contributed by atoms with Crippen LogP contribution in [0.25, 0.3) is 0 Å². The Balaban J connectivity index is 0.00000208. The highest BCUT2D eigenvalue weighted by Gasteiger charge is 2.19. The van der Waals surface area contributed by atoms with E-state index in [9.17, 15) is 4.79 Å². The highest BCUT2D eigenvalue weighted by molar-refractivity contribution is 5.88. The third-order valence-electron chi connectivity index (χ3n) is 4.42. The molecule has 1 fully saturated rings. The van der Waals surface area contributed by atoms with Crippen LogP contribution in [0.1, 0.15) is 41.6 Å². The van der Waals surface area contributed by atoms with Crippen LogP contribution in [0, 0.1) is 5.92 Å². The minimum absolute atomic E-state index is 0. The van der Waals surface area contributed by atoms with E-state index in [1.54, 1.807) is 12.4 Å². The van der Waals surface area contributed by atoms with E-state index in [2.05, 4.69) is 5.10 Å². The molecule has 1 heterocycles. The summed E-state index contributed by atoms with van der Waals surface area (Å²) in [6.07, 6.45) is 7.79. The molecular formula is C18H24ClN3O2. The number of nitrogens with two attached hydrogens (primary N) is 1. The predicted octanol–water partition coefficient (Wildman–Crippen LogP) is 3.18. The van der Waals surface area contributed by atoms with E-state index in [0.717, 1.165) is 37.8 Å². The van der Waals surface area contributed by atoms with Crippen molar-refractivity contribution in [3.8, 4) is 0 Å². The lowest BCUT2D eigenvalue weighted by Crippen LogP contribution is -2.28. The third kappa shape index (κ3) is 5.08. The molecule has 1 aliphatic rings. The minimum Gasteiger partial charge on any atom is -0.457 e. The summed E-state index contributed by atoms with van der Waals surface area (Å²) >= 11 is 0. The molecule has 1 aromatic carbocycles. The van der Waals surface area contributed by atoms with Gasteiger partial charge in [0.25, 0.3) is 0 Å². The SMILES string of the molecule is Cl.NC1CCC(Cn2cc(C(=O)OCc3ccccc3)cn2)CC1. The monoisotopic (exact) mass is 349 g/mol. The normalized spacial score (nSPS) is 20.2. The summed E-state index contributed by atoms with van der Waals surface area (Å²) in [7, 11) is 0. The average Bonchev–Trinajstić information content (AvgIpc) is 3.04. The van der Waals surface area contributed by atoms with Crippen molar-refractivity contribution < 1.29 is 9.53 Å². The molecule has 0 radical (unpaired) electrons. The third-order valence-corrected chi connectivity index (χ3v) is 4.42. The van der Waals surface area contributed by atoms with Gasteiger partial charge < -0.3 is 10.5 Å². The summed E-state index contributed by atoms with van der Waals surface area (Å²) in [5.41, 5.74) is 7.42. The number of aromatic nitrogens is 2. The molecule has 0 atom stereocenters. The molecule has 0 spiro atoms. The number of esters is 1. The standard InChI is InChI=1S/C18H23N3O2.ClH/c19-17-8-6-14(7-9-17)11-21-12-16(10-20-21)18(22)23-13-15-4-2-1-3-5-15;/h1-5,10,12,14,17H,6-9,11,13,19H2;1H. The van der Waals surface area contributed by atoms with Crippen LogP contribution in [0.4, 0.5) is 0 Å². The molecule has 3 rings (SSSR count). The van der Waals surface area contributed by atoms with Gasteiger partial charge in [0.1, 0.15) is 6.61 Å². The van der Waals surface area contributed by atoms with E-state index < -0.39 is 0 Å². The van der Waals surface area contributed by atoms with Gasteiger partial charge in [-0.15, -0.1) is 12.4 Å². The van der Waals surface area contributed by atoms with Gasteiger partial charge in [0.15, 0.2) is 0 Å². The zero-order valence-corrected chi connectivity index (χ0v) is 14.5. The first-order valence-corrected chi connectivity index (χ1v) is 8.20. The van der Waals surface area contributed by atoms with Gasteiger partial charge in [-0.2, -0.15) is 5.10 Å². The van der Waals surface area contributed by atoms with Crippen molar-refractivity contribution in [2.75, 3.05) is 0 Å². The Morgan fingerprint density at radius 2 is 1.92 bits per heavy atom. The summed E-state index contributed by atoms with van der Waals surface area (Å²) < 4.78 is 7.17.